The summed E-state index contributed by atoms with van der Waals surface area (Å²) in [6, 6.07) is 17.4. The average Bonchev–Trinajstić information content (AvgIpc) is 2.72. The first kappa shape index (κ1) is 18.9. The molecule has 0 aliphatic rings. The molecular formula is C21H18N2O5. The van der Waals surface area contributed by atoms with Gasteiger partial charge in [0.15, 0.2) is 6.61 Å². The summed E-state index contributed by atoms with van der Waals surface area (Å²) in [5.41, 5.74) is 3.06. The summed E-state index contributed by atoms with van der Waals surface area (Å²) in [6.07, 6.45) is 1.39. The number of phenolic OH excluding ortho intramolecular Hbond substituents is 1. The maximum Gasteiger partial charge on any atom is 0.343 e. The second-order valence-corrected chi connectivity index (χ2v) is 5.82. The maximum absolute atomic E-state index is 12.4. The smallest absolute Gasteiger partial charge is 0.343 e. The molecule has 3 rings (SSSR count). The van der Waals surface area contributed by atoms with Gasteiger partial charge in [0.1, 0.15) is 11.5 Å². The fraction of sp³-hybridized carbons (Fsp3) is 0.0952. The summed E-state index contributed by atoms with van der Waals surface area (Å²) >= 11 is 0. The molecule has 0 aliphatic heterocycles. The molecule has 142 valence electrons. The third kappa shape index (κ3) is 4.45. The minimum Gasteiger partial charge on any atom is -0.507 e. The number of phenols is 1. The van der Waals surface area contributed by atoms with Crippen molar-refractivity contribution in [2.45, 2.75) is 0 Å². The van der Waals surface area contributed by atoms with Crippen LogP contribution < -0.4 is 10.2 Å². The molecule has 0 saturated carbocycles. The molecule has 7 nitrogen and oxygen atoms in total. The van der Waals surface area contributed by atoms with Crippen LogP contribution in [0.3, 0.4) is 0 Å². The van der Waals surface area contributed by atoms with Crippen LogP contribution in [0.25, 0.3) is 10.8 Å². The van der Waals surface area contributed by atoms with E-state index < -0.39 is 11.9 Å². The average molecular weight is 378 g/mol. The minimum absolute atomic E-state index is 0.117. The predicted octanol–water partition coefficient (Wildman–Crippen LogP) is 2.86. The van der Waals surface area contributed by atoms with Crippen LogP contribution in [0.1, 0.15) is 15.9 Å². The number of amides is 1. The van der Waals surface area contributed by atoms with Crippen molar-refractivity contribution in [1.29, 1.82) is 0 Å². The van der Waals surface area contributed by atoms with Gasteiger partial charge in [-0.25, -0.2) is 10.2 Å². The number of benzene rings is 3. The van der Waals surface area contributed by atoms with E-state index in [9.17, 15) is 14.7 Å². The summed E-state index contributed by atoms with van der Waals surface area (Å²) in [6.45, 7) is -0.237. The van der Waals surface area contributed by atoms with E-state index >= 15 is 0 Å². The number of hydrogen-bond acceptors (Lipinski definition) is 6. The SMILES string of the molecule is COC(=O)COc1ccccc1C=NNC(=O)c1cc2ccccc2cc1O. The lowest BCUT2D eigenvalue weighted by Gasteiger charge is -2.08. The van der Waals surface area contributed by atoms with E-state index in [1.54, 1.807) is 30.3 Å². The van der Waals surface area contributed by atoms with Crippen LogP contribution in [0.4, 0.5) is 0 Å². The number of nitrogens with zero attached hydrogens (tertiary/aromatic N) is 1. The number of fused-ring (bicyclic) bond motifs is 1. The second kappa shape index (κ2) is 8.68. The lowest BCUT2D eigenvalue weighted by atomic mass is 10.1. The number of aromatic hydroxyl groups is 1. The first-order chi connectivity index (χ1) is 13.6. The molecule has 0 bridgehead atoms. The Labute approximate surface area is 161 Å². The van der Waals surface area contributed by atoms with Crippen LogP contribution in [0, 0.1) is 0 Å². The fourth-order valence-electron chi connectivity index (χ4n) is 2.55. The van der Waals surface area contributed by atoms with E-state index in [-0.39, 0.29) is 17.9 Å². The zero-order chi connectivity index (χ0) is 19.9. The highest BCUT2D eigenvalue weighted by Crippen LogP contribution is 2.24. The molecular weight excluding hydrogens is 360 g/mol. The third-order valence-corrected chi connectivity index (χ3v) is 3.97. The Bertz CT molecular complexity index is 1050. The van der Waals surface area contributed by atoms with E-state index in [0.29, 0.717) is 11.3 Å². The maximum atomic E-state index is 12.4. The Kier molecular flexibility index (Phi) is 5.86. The molecule has 3 aromatic rings. The molecule has 0 unspecified atom stereocenters. The number of hydrogen-bond donors (Lipinski definition) is 2. The lowest BCUT2D eigenvalue weighted by Crippen LogP contribution is -2.18. The molecule has 0 spiro atoms. The van der Waals surface area contributed by atoms with Crippen molar-refractivity contribution >= 4 is 28.9 Å². The number of methoxy groups -OCH3 is 1. The number of carbonyl (C=O) groups is 2. The van der Waals surface area contributed by atoms with Gasteiger partial charge in [0, 0.05) is 5.56 Å². The molecule has 0 heterocycles. The van der Waals surface area contributed by atoms with Crippen LogP contribution in [0.2, 0.25) is 0 Å². The van der Waals surface area contributed by atoms with Crippen molar-refractivity contribution in [1.82, 2.24) is 5.43 Å². The highest BCUT2D eigenvalue weighted by Gasteiger charge is 2.12. The monoisotopic (exact) mass is 378 g/mol. The van der Waals surface area contributed by atoms with Crippen molar-refractivity contribution < 1.29 is 24.2 Å². The van der Waals surface area contributed by atoms with Crippen LogP contribution in [-0.2, 0) is 9.53 Å². The van der Waals surface area contributed by atoms with Crippen molar-refractivity contribution in [3.63, 3.8) is 0 Å². The summed E-state index contributed by atoms with van der Waals surface area (Å²) in [5.74, 6) is -0.771. The van der Waals surface area contributed by atoms with E-state index in [2.05, 4.69) is 15.3 Å². The van der Waals surface area contributed by atoms with Crippen LogP contribution in [0.15, 0.2) is 65.8 Å². The number of nitrogens with one attached hydrogen (secondary N) is 1. The van der Waals surface area contributed by atoms with Gasteiger partial charge in [-0.1, -0.05) is 36.4 Å². The van der Waals surface area contributed by atoms with Gasteiger partial charge >= 0.3 is 5.97 Å². The summed E-state index contributed by atoms with van der Waals surface area (Å²) in [7, 11) is 1.27. The third-order valence-electron chi connectivity index (χ3n) is 3.97. The molecule has 7 heteroatoms. The van der Waals surface area contributed by atoms with E-state index in [1.165, 1.54) is 19.4 Å². The normalized spacial score (nSPS) is 10.8. The van der Waals surface area contributed by atoms with Gasteiger partial charge in [-0.05, 0) is 35.0 Å². The summed E-state index contributed by atoms with van der Waals surface area (Å²) in [4.78, 5) is 23.6. The summed E-state index contributed by atoms with van der Waals surface area (Å²) in [5, 5.41) is 15.7. The minimum atomic E-state index is -0.549. The molecule has 0 saturated heterocycles. The Hall–Kier alpha value is -3.87. The molecule has 1 amide bonds. The number of rotatable bonds is 6. The van der Waals surface area contributed by atoms with Crippen molar-refractivity contribution in [3.8, 4) is 11.5 Å². The van der Waals surface area contributed by atoms with Gasteiger partial charge in [-0.2, -0.15) is 5.10 Å². The van der Waals surface area contributed by atoms with Gasteiger partial charge in [-0.3, -0.25) is 4.79 Å². The standard InChI is InChI=1S/C21H18N2O5/c1-27-20(25)13-28-19-9-5-4-8-16(19)12-22-23-21(26)17-10-14-6-2-3-7-15(14)11-18(17)24/h2-12,24H,13H2,1H3,(H,23,26). The highest BCUT2D eigenvalue weighted by molar-refractivity contribution is 6.01. The highest BCUT2D eigenvalue weighted by atomic mass is 16.6. The Morgan fingerprint density at radius 3 is 2.50 bits per heavy atom. The van der Waals surface area contributed by atoms with Gasteiger partial charge < -0.3 is 14.6 Å². The zero-order valence-corrected chi connectivity index (χ0v) is 15.1. The van der Waals surface area contributed by atoms with E-state index in [0.717, 1.165) is 10.8 Å². The second-order valence-electron chi connectivity index (χ2n) is 5.82. The first-order valence-electron chi connectivity index (χ1n) is 8.42. The molecule has 2 N–H and O–H groups in total. The van der Waals surface area contributed by atoms with Crippen LogP contribution in [0.5, 0.6) is 11.5 Å². The molecule has 0 radical (unpaired) electrons. The van der Waals surface area contributed by atoms with Crippen molar-refractivity contribution in [2.24, 2.45) is 5.10 Å². The predicted molar refractivity (Wildman–Crippen MR) is 105 cm³/mol. The van der Waals surface area contributed by atoms with E-state index in [1.807, 2.05) is 24.3 Å². The van der Waals surface area contributed by atoms with Gasteiger partial charge in [0.05, 0.1) is 18.9 Å². The number of para-hydroxylation sites is 1. The largest absolute Gasteiger partial charge is 0.507 e. The van der Waals surface area contributed by atoms with Gasteiger partial charge in [0.25, 0.3) is 5.91 Å². The fourth-order valence-corrected chi connectivity index (χ4v) is 2.55. The Morgan fingerprint density at radius 2 is 1.75 bits per heavy atom. The topological polar surface area (TPSA) is 97.2 Å². The van der Waals surface area contributed by atoms with E-state index in [4.69, 9.17) is 4.74 Å². The lowest BCUT2D eigenvalue weighted by molar-refractivity contribution is -0.142. The quantitative estimate of drug-likeness (QED) is 0.391. The molecule has 0 atom stereocenters. The number of hydrazone groups is 1. The van der Waals surface area contributed by atoms with Crippen molar-refractivity contribution in [3.05, 3.63) is 71.8 Å². The Morgan fingerprint density at radius 1 is 1.07 bits per heavy atom. The number of esters is 1. The number of ether oxygens (including phenoxy) is 2. The van der Waals surface area contributed by atoms with Gasteiger partial charge in [-0.15, -0.1) is 0 Å². The van der Waals surface area contributed by atoms with Crippen LogP contribution >= 0.6 is 0 Å². The van der Waals surface area contributed by atoms with Crippen LogP contribution in [-0.4, -0.2) is 36.9 Å². The Balaban J connectivity index is 1.72. The van der Waals surface area contributed by atoms with Crippen molar-refractivity contribution in [2.75, 3.05) is 13.7 Å². The number of carbonyl (C=O) groups excluding carboxylic acids is 2. The molecule has 0 fully saturated rings. The zero-order valence-electron chi connectivity index (χ0n) is 15.1. The molecule has 0 aliphatic carbocycles. The molecule has 3 aromatic carbocycles. The first-order valence-corrected chi connectivity index (χ1v) is 8.42. The summed E-state index contributed by atoms with van der Waals surface area (Å²) < 4.78 is 9.92. The molecule has 0 aromatic heterocycles. The molecule has 28 heavy (non-hydrogen) atoms. The van der Waals surface area contributed by atoms with Gasteiger partial charge in [0.2, 0.25) is 0 Å².